The third kappa shape index (κ3) is 8.41. The standard InChI is InChI=1S/C21H30N2O2S.C2H2O4/c1-5-23(6-2)26(24,25)21-13-9-19(10-14-21)16-22-15-18-7-11-20(12-8-18)17(3)4;3-1(4)2(5)6/h7-14,17,22H,5-6,15-16H2,1-4H3;(H,3,4)(H,5,6). The second kappa shape index (κ2) is 12.9. The second-order valence-electron chi connectivity index (χ2n) is 7.34. The molecule has 9 heteroatoms. The summed E-state index contributed by atoms with van der Waals surface area (Å²) >= 11 is 0. The highest BCUT2D eigenvalue weighted by atomic mass is 32.2. The van der Waals surface area contributed by atoms with Crippen molar-refractivity contribution >= 4 is 22.0 Å². The lowest BCUT2D eigenvalue weighted by Crippen LogP contribution is -2.30. The number of carboxylic acids is 2. The van der Waals surface area contributed by atoms with Gasteiger partial charge in [-0.25, -0.2) is 18.0 Å². The number of carboxylic acid groups (broad SMARTS) is 2. The molecule has 0 fully saturated rings. The zero-order valence-electron chi connectivity index (χ0n) is 18.9. The number of aliphatic carboxylic acids is 2. The van der Waals surface area contributed by atoms with Crippen molar-refractivity contribution in [2.45, 2.75) is 51.6 Å². The quantitative estimate of drug-likeness (QED) is 0.487. The summed E-state index contributed by atoms with van der Waals surface area (Å²) in [6.07, 6.45) is 0. The molecule has 0 aliphatic rings. The molecule has 0 spiro atoms. The predicted molar refractivity (Wildman–Crippen MR) is 123 cm³/mol. The Hall–Kier alpha value is -2.75. The molecular formula is C23H32N2O6S. The summed E-state index contributed by atoms with van der Waals surface area (Å²) in [6, 6.07) is 15.8. The monoisotopic (exact) mass is 464 g/mol. The van der Waals surface area contributed by atoms with Gasteiger partial charge in [0.05, 0.1) is 4.90 Å². The highest BCUT2D eigenvalue weighted by Gasteiger charge is 2.21. The van der Waals surface area contributed by atoms with E-state index in [1.807, 2.05) is 26.0 Å². The maximum absolute atomic E-state index is 12.5. The normalized spacial score (nSPS) is 11.2. The predicted octanol–water partition coefficient (Wildman–Crippen LogP) is 3.29. The lowest BCUT2D eigenvalue weighted by molar-refractivity contribution is -0.159. The van der Waals surface area contributed by atoms with Gasteiger partial charge >= 0.3 is 11.9 Å². The zero-order chi connectivity index (χ0) is 24.3. The van der Waals surface area contributed by atoms with Gasteiger partial charge in [-0.05, 0) is 34.7 Å². The molecule has 0 aliphatic carbocycles. The molecule has 2 aromatic carbocycles. The Morgan fingerprint density at radius 2 is 1.25 bits per heavy atom. The van der Waals surface area contributed by atoms with E-state index in [-0.39, 0.29) is 0 Å². The minimum Gasteiger partial charge on any atom is -0.473 e. The van der Waals surface area contributed by atoms with Crippen molar-refractivity contribution in [3.05, 3.63) is 65.2 Å². The van der Waals surface area contributed by atoms with Gasteiger partial charge in [0.25, 0.3) is 0 Å². The Bertz CT molecular complexity index is 955. The Labute approximate surface area is 189 Å². The average molecular weight is 465 g/mol. The number of benzene rings is 2. The van der Waals surface area contributed by atoms with Crippen molar-refractivity contribution in [1.82, 2.24) is 9.62 Å². The van der Waals surface area contributed by atoms with E-state index in [0.29, 0.717) is 30.4 Å². The SMILES string of the molecule is CCN(CC)S(=O)(=O)c1ccc(CNCc2ccc(C(C)C)cc2)cc1.O=C(O)C(=O)O. The van der Waals surface area contributed by atoms with E-state index < -0.39 is 22.0 Å². The fraction of sp³-hybridized carbons (Fsp3) is 0.391. The van der Waals surface area contributed by atoms with Crippen LogP contribution in [0.25, 0.3) is 0 Å². The van der Waals surface area contributed by atoms with Gasteiger partial charge in [0.15, 0.2) is 0 Å². The molecule has 0 amide bonds. The Kier molecular flexibility index (Phi) is 11.0. The van der Waals surface area contributed by atoms with Crippen LogP contribution in [0.15, 0.2) is 53.4 Å². The summed E-state index contributed by atoms with van der Waals surface area (Å²) in [4.78, 5) is 18.6. The van der Waals surface area contributed by atoms with Crippen LogP contribution in [-0.4, -0.2) is 48.0 Å². The van der Waals surface area contributed by atoms with E-state index in [2.05, 4.69) is 43.4 Å². The number of hydrogen-bond acceptors (Lipinski definition) is 5. The van der Waals surface area contributed by atoms with Crippen molar-refractivity contribution in [2.24, 2.45) is 0 Å². The molecule has 32 heavy (non-hydrogen) atoms. The summed E-state index contributed by atoms with van der Waals surface area (Å²) in [6.45, 7) is 10.6. The van der Waals surface area contributed by atoms with Crippen LogP contribution in [0.5, 0.6) is 0 Å². The number of nitrogens with one attached hydrogen (secondary N) is 1. The Morgan fingerprint density at radius 1 is 0.844 bits per heavy atom. The topological polar surface area (TPSA) is 124 Å². The molecule has 0 aliphatic heterocycles. The first-order valence-electron chi connectivity index (χ1n) is 10.4. The van der Waals surface area contributed by atoms with E-state index in [4.69, 9.17) is 19.8 Å². The van der Waals surface area contributed by atoms with Gasteiger partial charge in [-0.3, -0.25) is 0 Å². The van der Waals surface area contributed by atoms with Crippen LogP contribution in [0.3, 0.4) is 0 Å². The summed E-state index contributed by atoms with van der Waals surface area (Å²) in [7, 11) is -3.38. The molecule has 0 aromatic heterocycles. The van der Waals surface area contributed by atoms with Crippen LogP contribution in [-0.2, 0) is 32.7 Å². The number of rotatable bonds is 9. The highest BCUT2D eigenvalue weighted by molar-refractivity contribution is 7.89. The Morgan fingerprint density at radius 3 is 1.59 bits per heavy atom. The molecule has 0 radical (unpaired) electrons. The average Bonchev–Trinajstić information content (AvgIpc) is 2.75. The summed E-state index contributed by atoms with van der Waals surface area (Å²) in [5.74, 6) is -3.10. The first kappa shape index (κ1) is 27.3. The van der Waals surface area contributed by atoms with E-state index in [9.17, 15) is 8.42 Å². The molecule has 2 rings (SSSR count). The van der Waals surface area contributed by atoms with E-state index in [1.54, 1.807) is 12.1 Å². The van der Waals surface area contributed by atoms with Crippen molar-refractivity contribution < 1.29 is 28.2 Å². The molecule has 0 saturated heterocycles. The van der Waals surface area contributed by atoms with Crippen LogP contribution in [0.1, 0.15) is 50.3 Å². The molecule has 0 bridgehead atoms. The van der Waals surface area contributed by atoms with Crippen LogP contribution in [0.2, 0.25) is 0 Å². The third-order valence-corrected chi connectivity index (χ3v) is 6.82. The zero-order valence-corrected chi connectivity index (χ0v) is 19.7. The lowest BCUT2D eigenvalue weighted by atomic mass is 10.0. The lowest BCUT2D eigenvalue weighted by Gasteiger charge is -2.18. The van der Waals surface area contributed by atoms with Gasteiger partial charge in [0.1, 0.15) is 0 Å². The van der Waals surface area contributed by atoms with E-state index in [1.165, 1.54) is 15.4 Å². The van der Waals surface area contributed by atoms with Crippen LogP contribution in [0, 0.1) is 0 Å². The first-order valence-corrected chi connectivity index (χ1v) is 11.8. The molecular weight excluding hydrogens is 432 g/mol. The number of sulfonamides is 1. The van der Waals surface area contributed by atoms with Gasteiger partial charge in [0, 0.05) is 26.2 Å². The largest absolute Gasteiger partial charge is 0.473 e. The molecule has 0 unspecified atom stereocenters. The van der Waals surface area contributed by atoms with Crippen LogP contribution in [0.4, 0.5) is 0 Å². The van der Waals surface area contributed by atoms with E-state index in [0.717, 1.165) is 12.1 Å². The molecule has 0 heterocycles. The first-order chi connectivity index (χ1) is 15.0. The number of hydrogen-bond donors (Lipinski definition) is 3. The molecule has 3 N–H and O–H groups in total. The summed E-state index contributed by atoms with van der Waals surface area (Å²) in [5.41, 5.74) is 3.66. The minimum atomic E-state index is -3.38. The minimum absolute atomic E-state index is 0.356. The van der Waals surface area contributed by atoms with Gasteiger partial charge in [-0.1, -0.05) is 64.1 Å². The molecule has 0 saturated carbocycles. The molecule has 2 aromatic rings. The van der Waals surface area contributed by atoms with Crippen molar-refractivity contribution in [3.63, 3.8) is 0 Å². The third-order valence-electron chi connectivity index (χ3n) is 4.75. The maximum Gasteiger partial charge on any atom is 0.414 e. The van der Waals surface area contributed by atoms with Gasteiger partial charge < -0.3 is 15.5 Å². The second-order valence-corrected chi connectivity index (χ2v) is 9.28. The maximum atomic E-state index is 12.5. The van der Waals surface area contributed by atoms with Gasteiger partial charge in [-0.15, -0.1) is 0 Å². The van der Waals surface area contributed by atoms with Crippen LogP contribution >= 0.6 is 0 Å². The molecule has 0 atom stereocenters. The van der Waals surface area contributed by atoms with Gasteiger partial charge in [0.2, 0.25) is 10.0 Å². The van der Waals surface area contributed by atoms with Gasteiger partial charge in [-0.2, -0.15) is 4.31 Å². The summed E-state index contributed by atoms with van der Waals surface area (Å²) in [5, 5.41) is 18.2. The molecule has 8 nitrogen and oxygen atoms in total. The summed E-state index contributed by atoms with van der Waals surface area (Å²) < 4.78 is 26.5. The Balaban J connectivity index is 0.000000751. The van der Waals surface area contributed by atoms with Crippen molar-refractivity contribution in [2.75, 3.05) is 13.1 Å². The highest BCUT2D eigenvalue weighted by Crippen LogP contribution is 2.17. The number of nitrogens with zero attached hydrogens (tertiary/aromatic N) is 1. The fourth-order valence-corrected chi connectivity index (χ4v) is 4.32. The van der Waals surface area contributed by atoms with Crippen molar-refractivity contribution in [3.8, 4) is 0 Å². The van der Waals surface area contributed by atoms with Crippen LogP contribution < -0.4 is 5.32 Å². The van der Waals surface area contributed by atoms with Crippen molar-refractivity contribution in [1.29, 1.82) is 0 Å². The van der Waals surface area contributed by atoms with E-state index >= 15 is 0 Å². The molecule has 176 valence electrons. The number of carbonyl (C=O) groups is 2. The smallest absolute Gasteiger partial charge is 0.414 e. The fourth-order valence-electron chi connectivity index (χ4n) is 2.86.